The maximum Gasteiger partial charge on any atom is 0.108 e. The highest BCUT2D eigenvalue weighted by molar-refractivity contribution is 6.12. The minimum absolute atomic E-state index is 0.0107. The molecule has 0 aliphatic heterocycles. The Labute approximate surface area is 92.0 Å². The molecule has 0 fully saturated rings. The van der Waals surface area contributed by atoms with Crippen molar-refractivity contribution in [3.63, 3.8) is 0 Å². The lowest BCUT2D eigenvalue weighted by molar-refractivity contribution is 0.298. The van der Waals surface area contributed by atoms with Gasteiger partial charge in [0.1, 0.15) is 11.4 Å². The predicted molar refractivity (Wildman–Crippen MR) is 58.7 cm³/mol. The van der Waals surface area contributed by atoms with Crippen molar-refractivity contribution in [1.29, 1.82) is 0 Å². The van der Waals surface area contributed by atoms with E-state index in [1.54, 1.807) is 0 Å². The second-order valence-corrected chi connectivity index (χ2v) is 4.65. The average molecular weight is 204 g/mol. The van der Waals surface area contributed by atoms with E-state index in [-0.39, 0.29) is 5.82 Å². The normalized spacial score (nSPS) is 28.3. The molecule has 2 unspecified atom stereocenters. The highest BCUT2D eigenvalue weighted by atomic mass is 16.6. The van der Waals surface area contributed by atoms with Crippen LogP contribution in [-0.2, 0) is 6.42 Å². The Kier molecular flexibility index (Phi) is 3.44. The Balaban J connectivity index is 2.17. The van der Waals surface area contributed by atoms with Gasteiger partial charge in [-0.25, -0.2) is 4.63 Å². The Morgan fingerprint density at radius 2 is 2.00 bits per heavy atom. The highest BCUT2D eigenvalue weighted by Crippen LogP contribution is 2.25. The third kappa shape index (κ3) is 2.61. The van der Waals surface area contributed by atoms with Crippen molar-refractivity contribution in [2.75, 3.05) is 0 Å². The summed E-state index contributed by atoms with van der Waals surface area (Å²) in [6.45, 7) is 2.26. The largest absolute Gasteiger partial charge is 0.244 e. The van der Waals surface area contributed by atoms with Crippen LogP contribution in [0.15, 0.2) is 4.63 Å². The van der Waals surface area contributed by atoms with Gasteiger partial charge in [0, 0.05) is 0 Å². The third-order valence-electron chi connectivity index (χ3n) is 3.19. The van der Waals surface area contributed by atoms with E-state index >= 15 is 0 Å². The van der Waals surface area contributed by atoms with Gasteiger partial charge in [0.15, 0.2) is 0 Å². The van der Waals surface area contributed by atoms with Crippen LogP contribution in [0, 0.1) is 5.92 Å². The summed E-state index contributed by atoms with van der Waals surface area (Å²) in [4.78, 5) is 0. The zero-order chi connectivity index (χ0) is 10.7. The molecular weight excluding hydrogens is 187 g/mol. The Morgan fingerprint density at radius 3 is 2.87 bits per heavy atom. The van der Waals surface area contributed by atoms with Crippen LogP contribution in [0.3, 0.4) is 0 Å². The second kappa shape index (κ2) is 4.82. The maximum atomic E-state index is 6.06. The minimum Gasteiger partial charge on any atom is -0.244 e. The molecule has 0 N–H and O–H groups in total. The standard InChI is InChI=1S/C11H17BN2O/c1-8-5-3-2-4-6-9(12)11-10(7-8)13-15-14-11/h8-9H,2-7H2,1H3. The molecule has 2 rings (SSSR count). The molecule has 0 aromatic carbocycles. The van der Waals surface area contributed by atoms with E-state index in [1.807, 2.05) is 0 Å². The molecule has 0 bridgehead atoms. The van der Waals surface area contributed by atoms with Crippen LogP contribution >= 0.6 is 0 Å². The molecule has 80 valence electrons. The Bertz CT molecular complexity index is 313. The molecule has 0 amide bonds. The van der Waals surface area contributed by atoms with Gasteiger partial charge < -0.3 is 0 Å². The second-order valence-electron chi connectivity index (χ2n) is 4.65. The highest BCUT2D eigenvalue weighted by Gasteiger charge is 2.19. The number of aromatic nitrogens is 2. The van der Waals surface area contributed by atoms with Crippen LogP contribution < -0.4 is 0 Å². The van der Waals surface area contributed by atoms with Gasteiger partial charge in [0.05, 0.1) is 7.85 Å². The first-order chi connectivity index (χ1) is 7.27. The van der Waals surface area contributed by atoms with Crippen LogP contribution in [0.5, 0.6) is 0 Å². The molecule has 1 aliphatic rings. The van der Waals surface area contributed by atoms with E-state index in [4.69, 9.17) is 12.5 Å². The van der Waals surface area contributed by atoms with Gasteiger partial charge in [0.25, 0.3) is 0 Å². The molecule has 1 heterocycles. The fraction of sp³-hybridized carbons (Fsp3) is 0.818. The van der Waals surface area contributed by atoms with Gasteiger partial charge in [-0.3, -0.25) is 0 Å². The first kappa shape index (κ1) is 10.7. The van der Waals surface area contributed by atoms with Crippen LogP contribution in [0.4, 0.5) is 0 Å². The summed E-state index contributed by atoms with van der Waals surface area (Å²) >= 11 is 0. The molecule has 0 saturated heterocycles. The van der Waals surface area contributed by atoms with E-state index in [1.165, 1.54) is 25.7 Å². The van der Waals surface area contributed by atoms with Crippen molar-refractivity contribution >= 4 is 7.85 Å². The monoisotopic (exact) mass is 204 g/mol. The Morgan fingerprint density at radius 1 is 1.20 bits per heavy atom. The van der Waals surface area contributed by atoms with Crippen LogP contribution in [0.25, 0.3) is 0 Å². The molecule has 0 spiro atoms. The van der Waals surface area contributed by atoms with Crippen LogP contribution in [-0.4, -0.2) is 18.2 Å². The first-order valence-electron chi connectivity index (χ1n) is 5.84. The van der Waals surface area contributed by atoms with Crippen LogP contribution in [0.1, 0.15) is 56.2 Å². The predicted octanol–water partition coefficient (Wildman–Crippen LogP) is 2.42. The van der Waals surface area contributed by atoms with E-state index in [2.05, 4.69) is 17.2 Å². The smallest absolute Gasteiger partial charge is 0.108 e. The van der Waals surface area contributed by atoms with E-state index < -0.39 is 0 Å². The summed E-state index contributed by atoms with van der Waals surface area (Å²) in [6, 6.07) is 0. The molecule has 15 heavy (non-hydrogen) atoms. The van der Waals surface area contributed by atoms with Gasteiger partial charge in [-0.2, -0.15) is 0 Å². The number of hydrogen-bond donors (Lipinski definition) is 0. The summed E-state index contributed by atoms with van der Waals surface area (Å²) in [5.41, 5.74) is 1.85. The molecule has 1 aromatic heterocycles. The number of rotatable bonds is 0. The molecular formula is C11H17BN2O. The summed E-state index contributed by atoms with van der Waals surface area (Å²) in [5.74, 6) is 0.664. The fourth-order valence-electron chi connectivity index (χ4n) is 2.24. The molecule has 3 nitrogen and oxygen atoms in total. The molecule has 1 aromatic rings. The zero-order valence-electron chi connectivity index (χ0n) is 9.28. The van der Waals surface area contributed by atoms with Gasteiger partial charge in [-0.15, -0.1) is 0 Å². The van der Waals surface area contributed by atoms with Gasteiger partial charge in [-0.05, 0) is 18.2 Å². The quantitative estimate of drug-likeness (QED) is 0.609. The lowest BCUT2D eigenvalue weighted by Gasteiger charge is -2.15. The minimum atomic E-state index is 0.0107. The topological polar surface area (TPSA) is 38.9 Å². The van der Waals surface area contributed by atoms with Crippen molar-refractivity contribution in [3.8, 4) is 0 Å². The summed E-state index contributed by atoms with van der Waals surface area (Å²) in [6.07, 6.45) is 6.97. The molecule has 2 atom stereocenters. The number of nitrogens with zero attached hydrogens (tertiary/aromatic N) is 2. The lowest BCUT2D eigenvalue weighted by atomic mass is 9.77. The number of fused-ring (bicyclic) bond motifs is 1. The molecule has 0 saturated carbocycles. The summed E-state index contributed by atoms with van der Waals surface area (Å²) in [5, 5.41) is 7.90. The molecule has 4 heteroatoms. The third-order valence-corrected chi connectivity index (χ3v) is 3.19. The zero-order valence-corrected chi connectivity index (χ0v) is 9.28. The maximum absolute atomic E-state index is 6.06. The molecule has 2 radical (unpaired) electrons. The van der Waals surface area contributed by atoms with Crippen molar-refractivity contribution in [2.45, 2.75) is 51.3 Å². The van der Waals surface area contributed by atoms with Gasteiger partial charge in [-0.1, -0.05) is 49.3 Å². The van der Waals surface area contributed by atoms with Crippen molar-refractivity contribution in [2.24, 2.45) is 5.92 Å². The van der Waals surface area contributed by atoms with Gasteiger partial charge >= 0.3 is 0 Å². The van der Waals surface area contributed by atoms with E-state index in [9.17, 15) is 0 Å². The summed E-state index contributed by atoms with van der Waals surface area (Å²) < 4.78 is 4.80. The van der Waals surface area contributed by atoms with E-state index in [0.717, 1.165) is 24.2 Å². The van der Waals surface area contributed by atoms with Crippen molar-refractivity contribution in [3.05, 3.63) is 11.4 Å². The van der Waals surface area contributed by atoms with Crippen molar-refractivity contribution in [1.82, 2.24) is 10.3 Å². The summed E-state index contributed by atoms with van der Waals surface area (Å²) in [7, 11) is 6.06. The average Bonchev–Trinajstić information content (AvgIpc) is 2.64. The Hall–Kier alpha value is -0.795. The van der Waals surface area contributed by atoms with Crippen LogP contribution in [0.2, 0.25) is 0 Å². The number of hydrogen-bond acceptors (Lipinski definition) is 3. The van der Waals surface area contributed by atoms with Gasteiger partial charge in [0.2, 0.25) is 0 Å². The fourth-order valence-corrected chi connectivity index (χ4v) is 2.24. The SMILES string of the molecule is [B]C1CCCCCC(C)Cc2nonc21. The lowest BCUT2D eigenvalue weighted by Crippen LogP contribution is -2.09. The van der Waals surface area contributed by atoms with E-state index in [0.29, 0.717) is 5.92 Å². The molecule has 1 aliphatic carbocycles. The van der Waals surface area contributed by atoms with Crippen molar-refractivity contribution < 1.29 is 4.63 Å². The first-order valence-corrected chi connectivity index (χ1v) is 5.84.